The van der Waals surface area contributed by atoms with Crippen LogP contribution < -0.4 is 5.56 Å². The van der Waals surface area contributed by atoms with Crippen molar-refractivity contribution in [3.8, 4) is 0 Å². The predicted octanol–water partition coefficient (Wildman–Crippen LogP) is 1.77. The van der Waals surface area contributed by atoms with Gasteiger partial charge in [0.05, 0.1) is 0 Å². The summed E-state index contributed by atoms with van der Waals surface area (Å²) in [5, 5.41) is 0. The van der Waals surface area contributed by atoms with Gasteiger partial charge in [0, 0.05) is 30.8 Å². The number of pyridine rings is 1. The van der Waals surface area contributed by atoms with Crippen molar-refractivity contribution in [3.63, 3.8) is 0 Å². The molecular weight excluding hydrogens is 268 g/mol. The number of piperidine rings is 1. The molecule has 0 radical (unpaired) electrons. The highest BCUT2D eigenvalue weighted by Crippen LogP contribution is 2.21. The number of hydrogen-bond donors (Lipinski definition) is 1. The molecule has 1 amide bonds. The first-order valence-corrected chi connectivity index (χ1v) is 7.65. The number of rotatable bonds is 1. The maximum atomic E-state index is 12.6. The number of nitrogens with zero attached hydrogens (tertiary/aromatic N) is 1. The van der Waals surface area contributed by atoms with E-state index in [1.165, 1.54) is 6.07 Å². The van der Waals surface area contributed by atoms with Gasteiger partial charge in [-0.3, -0.25) is 14.4 Å². The molecule has 1 unspecified atom stereocenters. The van der Waals surface area contributed by atoms with E-state index in [0.717, 1.165) is 19.3 Å². The minimum absolute atomic E-state index is 0.0218. The van der Waals surface area contributed by atoms with E-state index in [-0.39, 0.29) is 22.8 Å². The molecule has 5 nitrogen and oxygen atoms in total. The van der Waals surface area contributed by atoms with Crippen molar-refractivity contribution in [2.75, 3.05) is 13.1 Å². The van der Waals surface area contributed by atoms with Gasteiger partial charge in [-0.05, 0) is 37.7 Å². The summed E-state index contributed by atoms with van der Waals surface area (Å²) in [5.74, 6) is 0.235. The van der Waals surface area contributed by atoms with E-state index in [1.54, 1.807) is 4.90 Å². The number of aryl methyl sites for hydroxylation is 1. The molecule has 1 aliphatic heterocycles. The van der Waals surface area contributed by atoms with E-state index >= 15 is 0 Å². The van der Waals surface area contributed by atoms with E-state index in [9.17, 15) is 14.4 Å². The lowest BCUT2D eigenvalue weighted by Gasteiger charge is -2.31. The second kappa shape index (κ2) is 5.47. The van der Waals surface area contributed by atoms with Gasteiger partial charge in [-0.2, -0.15) is 0 Å². The number of nitrogens with one attached hydrogen (secondary N) is 1. The van der Waals surface area contributed by atoms with Crippen molar-refractivity contribution in [3.05, 3.63) is 33.2 Å². The van der Waals surface area contributed by atoms with Crippen molar-refractivity contribution < 1.29 is 9.59 Å². The lowest BCUT2D eigenvalue weighted by molar-refractivity contribution is 0.0681. The largest absolute Gasteiger partial charge is 0.338 e. The molecule has 21 heavy (non-hydrogen) atoms. The third kappa shape index (κ3) is 2.64. The number of ketones is 1. The number of aromatic amines is 1. The number of hydrogen-bond acceptors (Lipinski definition) is 3. The molecule has 112 valence electrons. The summed E-state index contributed by atoms with van der Waals surface area (Å²) < 4.78 is 0. The SMILES string of the molecule is CC1CCCN(C(=O)c2cc3c([nH]c2=O)CCCC3=O)C1. The van der Waals surface area contributed by atoms with Gasteiger partial charge in [0.2, 0.25) is 0 Å². The Bertz CT molecular complexity index is 647. The van der Waals surface area contributed by atoms with Crippen molar-refractivity contribution in [2.45, 2.75) is 39.0 Å². The third-order valence-electron chi connectivity index (χ3n) is 4.43. The first-order valence-electron chi connectivity index (χ1n) is 7.65. The third-order valence-corrected chi connectivity index (χ3v) is 4.43. The van der Waals surface area contributed by atoms with Gasteiger partial charge in [-0.1, -0.05) is 6.92 Å². The molecule has 1 fully saturated rings. The Balaban J connectivity index is 1.95. The molecule has 0 saturated carbocycles. The van der Waals surface area contributed by atoms with Crippen LogP contribution in [0.5, 0.6) is 0 Å². The number of H-pyrrole nitrogens is 1. The smallest absolute Gasteiger partial charge is 0.261 e. The molecule has 1 aromatic rings. The summed E-state index contributed by atoms with van der Waals surface area (Å²) in [4.78, 5) is 41.1. The van der Waals surface area contributed by atoms with Crippen molar-refractivity contribution >= 4 is 11.7 Å². The first kappa shape index (κ1) is 14.0. The number of likely N-dealkylation sites (tertiary alicyclic amines) is 1. The molecule has 2 aliphatic rings. The monoisotopic (exact) mass is 288 g/mol. The zero-order valence-electron chi connectivity index (χ0n) is 12.3. The number of carbonyl (C=O) groups is 2. The number of Topliss-reactive ketones (excluding diaryl/α,β-unsaturated/α-hetero) is 1. The van der Waals surface area contributed by atoms with Crippen LogP contribution >= 0.6 is 0 Å². The molecule has 3 rings (SSSR count). The standard InChI is InChI=1S/C16H20N2O3/c1-10-4-3-7-18(9-10)16(21)12-8-11-13(17-15(12)20)5-2-6-14(11)19/h8,10H,2-7,9H2,1H3,(H,17,20). The van der Waals surface area contributed by atoms with E-state index in [0.29, 0.717) is 43.1 Å². The number of amides is 1. The fraction of sp³-hybridized carbons (Fsp3) is 0.562. The summed E-state index contributed by atoms with van der Waals surface area (Å²) in [6, 6.07) is 1.51. The highest BCUT2D eigenvalue weighted by Gasteiger charge is 2.26. The Kier molecular flexibility index (Phi) is 3.66. The van der Waals surface area contributed by atoms with Crippen molar-refractivity contribution in [2.24, 2.45) is 5.92 Å². The predicted molar refractivity (Wildman–Crippen MR) is 78.6 cm³/mol. The Labute approximate surface area is 123 Å². The van der Waals surface area contributed by atoms with Crippen LogP contribution in [0.1, 0.15) is 59.0 Å². The zero-order chi connectivity index (χ0) is 15.0. The fourth-order valence-electron chi connectivity index (χ4n) is 3.28. The molecule has 0 spiro atoms. The molecule has 1 aliphatic carbocycles. The van der Waals surface area contributed by atoms with E-state index in [2.05, 4.69) is 11.9 Å². The van der Waals surface area contributed by atoms with E-state index < -0.39 is 0 Å². The molecule has 2 heterocycles. The average Bonchev–Trinajstić information content (AvgIpc) is 2.46. The molecular formula is C16H20N2O3. The molecule has 5 heteroatoms. The highest BCUT2D eigenvalue weighted by molar-refractivity contribution is 6.01. The van der Waals surface area contributed by atoms with Crippen LogP contribution in [-0.4, -0.2) is 34.7 Å². The zero-order valence-corrected chi connectivity index (χ0v) is 12.3. The van der Waals surface area contributed by atoms with E-state index in [4.69, 9.17) is 0 Å². The van der Waals surface area contributed by atoms with Crippen LogP contribution in [0.3, 0.4) is 0 Å². The second-order valence-electron chi connectivity index (χ2n) is 6.18. The summed E-state index contributed by atoms with van der Waals surface area (Å²) in [6.07, 6.45) is 4.04. The summed E-state index contributed by atoms with van der Waals surface area (Å²) in [5.41, 5.74) is 0.943. The van der Waals surface area contributed by atoms with E-state index in [1.807, 2.05) is 0 Å². The minimum atomic E-state index is -0.369. The molecule has 0 bridgehead atoms. The van der Waals surface area contributed by atoms with Crippen LogP contribution in [0, 0.1) is 5.92 Å². The quantitative estimate of drug-likeness (QED) is 0.856. The molecule has 0 aromatic carbocycles. The lowest BCUT2D eigenvalue weighted by Crippen LogP contribution is -2.41. The first-order chi connectivity index (χ1) is 10.1. The summed E-state index contributed by atoms with van der Waals surface area (Å²) >= 11 is 0. The summed E-state index contributed by atoms with van der Waals surface area (Å²) in [6.45, 7) is 3.48. The maximum Gasteiger partial charge on any atom is 0.261 e. The Morgan fingerprint density at radius 1 is 1.29 bits per heavy atom. The fourth-order valence-corrected chi connectivity index (χ4v) is 3.28. The van der Waals surface area contributed by atoms with Gasteiger partial charge in [-0.25, -0.2) is 0 Å². The minimum Gasteiger partial charge on any atom is -0.338 e. The van der Waals surface area contributed by atoms with Gasteiger partial charge < -0.3 is 9.88 Å². The highest BCUT2D eigenvalue weighted by atomic mass is 16.2. The van der Waals surface area contributed by atoms with Gasteiger partial charge in [0.1, 0.15) is 5.56 Å². The maximum absolute atomic E-state index is 12.6. The normalized spacial score (nSPS) is 22.0. The average molecular weight is 288 g/mol. The number of fused-ring (bicyclic) bond motifs is 1. The van der Waals surface area contributed by atoms with Crippen LogP contribution in [0.25, 0.3) is 0 Å². The number of aromatic nitrogens is 1. The Morgan fingerprint density at radius 2 is 2.10 bits per heavy atom. The van der Waals surface area contributed by atoms with Crippen LogP contribution in [-0.2, 0) is 6.42 Å². The second-order valence-corrected chi connectivity index (χ2v) is 6.18. The van der Waals surface area contributed by atoms with Gasteiger partial charge >= 0.3 is 0 Å². The van der Waals surface area contributed by atoms with Crippen molar-refractivity contribution in [1.82, 2.24) is 9.88 Å². The van der Waals surface area contributed by atoms with Gasteiger partial charge in [0.25, 0.3) is 11.5 Å². The molecule has 1 aromatic heterocycles. The molecule has 1 atom stereocenters. The Hall–Kier alpha value is -1.91. The summed E-state index contributed by atoms with van der Waals surface area (Å²) in [7, 11) is 0. The lowest BCUT2D eigenvalue weighted by atomic mass is 9.93. The van der Waals surface area contributed by atoms with Gasteiger partial charge in [-0.15, -0.1) is 0 Å². The van der Waals surface area contributed by atoms with Crippen LogP contribution in [0.4, 0.5) is 0 Å². The number of carbonyl (C=O) groups excluding carboxylic acids is 2. The van der Waals surface area contributed by atoms with Crippen LogP contribution in [0.2, 0.25) is 0 Å². The topological polar surface area (TPSA) is 70.2 Å². The van der Waals surface area contributed by atoms with Crippen LogP contribution in [0.15, 0.2) is 10.9 Å². The molecule has 1 N–H and O–H groups in total. The van der Waals surface area contributed by atoms with Crippen molar-refractivity contribution in [1.29, 1.82) is 0 Å². The van der Waals surface area contributed by atoms with Gasteiger partial charge in [0.15, 0.2) is 5.78 Å². The Morgan fingerprint density at radius 3 is 2.86 bits per heavy atom. The molecule has 1 saturated heterocycles.